The first kappa shape index (κ1) is 14.5. The van der Waals surface area contributed by atoms with E-state index >= 15 is 0 Å². The molecule has 0 bridgehead atoms. The van der Waals surface area contributed by atoms with Crippen LogP contribution >= 0.6 is 0 Å². The van der Waals surface area contributed by atoms with Gasteiger partial charge in [0.05, 0.1) is 0 Å². The predicted octanol–water partition coefficient (Wildman–Crippen LogP) is 4.04. The van der Waals surface area contributed by atoms with Gasteiger partial charge in [0.25, 0.3) is 0 Å². The molecule has 0 aliphatic heterocycles. The highest BCUT2D eigenvalue weighted by Gasteiger charge is 2.16. The third-order valence-electron chi connectivity index (χ3n) is 3.90. The van der Waals surface area contributed by atoms with Gasteiger partial charge in [-0.25, -0.2) is 0 Å². The van der Waals surface area contributed by atoms with E-state index in [2.05, 4.69) is 19.2 Å². The Morgan fingerprint density at radius 3 is 2.65 bits per heavy atom. The molecular weight excluding hydrogens is 210 g/mol. The summed E-state index contributed by atoms with van der Waals surface area (Å²) in [7, 11) is 0. The Bertz CT molecular complexity index is 209. The van der Waals surface area contributed by atoms with Gasteiger partial charge in [-0.2, -0.15) is 0 Å². The zero-order valence-corrected chi connectivity index (χ0v) is 11.6. The molecule has 1 rings (SSSR count). The molecule has 100 valence electrons. The highest BCUT2D eigenvalue weighted by Crippen LogP contribution is 2.28. The van der Waals surface area contributed by atoms with Gasteiger partial charge in [0.2, 0.25) is 5.91 Å². The fourth-order valence-electron chi connectivity index (χ4n) is 2.75. The Hall–Kier alpha value is -0.530. The van der Waals surface area contributed by atoms with Crippen LogP contribution in [0.1, 0.15) is 78.1 Å². The molecule has 1 atom stereocenters. The summed E-state index contributed by atoms with van der Waals surface area (Å²) < 4.78 is 0. The largest absolute Gasteiger partial charge is 0.354 e. The fraction of sp³-hybridized carbons (Fsp3) is 0.933. The minimum Gasteiger partial charge on any atom is -0.354 e. The maximum absolute atomic E-state index is 11.7. The molecule has 0 radical (unpaired) electrons. The summed E-state index contributed by atoms with van der Waals surface area (Å²) in [6.45, 7) is 4.34. The lowest BCUT2D eigenvalue weighted by Crippen LogP contribution is -2.32. The Morgan fingerprint density at radius 1 is 1.29 bits per heavy atom. The minimum absolute atomic E-state index is 0.265. The summed E-state index contributed by atoms with van der Waals surface area (Å²) in [6, 6.07) is 0.359. The van der Waals surface area contributed by atoms with Gasteiger partial charge in [0.15, 0.2) is 0 Å². The number of hydrogen-bond donors (Lipinski definition) is 1. The predicted molar refractivity (Wildman–Crippen MR) is 72.9 cm³/mol. The summed E-state index contributed by atoms with van der Waals surface area (Å²) in [6.07, 6.45) is 12.2. The van der Waals surface area contributed by atoms with Crippen LogP contribution < -0.4 is 5.32 Å². The number of carbonyl (C=O) groups excluding carboxylic acids is 1. The monoisotopic (exact) mass is 239 g/mol. The molecule has 0 aromatic carbocycles. The maximum atomic E-state index is 11.7. The molecule has 1 amide bonds. The lowest BCUT2D eigenvalue weighted by Gasteiger charge is -2.14. The third-order valence-corrected chi connectivity index (χ3v) is 3.90. The Labute approximate surface area is 107 Å². The highest BCUT2D eigenvalue weighted by molar-refractivity contribution is 5.76. The van der Waals surface area contributed by atoms with E-state index in [0.717, 1.165) is 25.2 Å². The number of nitrogens with one attached hydrogen (secondary N) is 1. The molecule has 2 heteroatoms. The molecule has 0 aromatic heterocycles. The van der Waals surface area contributed by atoms with Gasteiger partial charge in [-0.15, -0.1) is 0 Å². The summed E-state index contributed by atoms with van der Waals surface area (Å²) in [5.74, 6) is 1.09. The summed E-state index contributed by atoms with van der Waals surface area (Å²) in [5, 5.41) is 3.12. The second-order valence-electron chi connectivity index (χ2n) is 5.65. The maximum Gasteiger partial charge on any atom is 0.220 e. The molecule has 0 unspecified atom stereocenters. The molecule has 2 nitrogen and oxygen atoms in total. The van der Waals surface area contributed by atoms with Crippen molar-refractivity contribution in [3.63, 3.8) is 0 Å². The molecular formula is C15H29NO. The first-order valence-electron chi connectivity index (χ1n) is 7.51. The van der Waals surface area contributed by atoms with Crippen molar-refractivity contribution in [1.29, 1.82) is 0 Å². The van der Waals surface area contributed by atoms with Crippen molar-refractivity contribution in [2.45, 2.75) is 84.1 Å². The molecule has 0 saturated heterocycles. The van der Waals surface area contributed by atoms with Crippen molar-refractivity contribution in [3.05, 3.63) is 0 Å². The van der Waals surface area contributed by atoms with E-state index in [4.69, 9.17) is 0 Å². The summed E-state index contributed by atoms with van der Waals surface area (Å²) in [5.41, 5.74) is 0. The van der Waals surface area contributed by atoms with Crippen molar-refractivity contribution >= 4 is 5.91 Å². The van der Waals surface area contributed by atoms with Crippen LogP contribution in [-0.2, 0) is 4.79 Å². The van der Waals surface area contributed by atoms with Crippen LogP contribution in [0, 0.1) is 5.92 Å². The van der Waals surface area contributed by atoms with E-state index in [9.17, 15) is 4.79 Å². The van der Waals surface area contributed by atoms with Gasteiger partial charge in [-0.1, -0.05) is 51.9 Å². The number of hydrogen-bond acceptors (Lipinski definition) is 1. The first-order valence-corrected chi connectivity index (χ1v) is 7.51. The smallest absolute Gasteiger partial charge is 0.220 e. The van der Waals surface area contributed by atoms with Gasteiger partial charge in [0.1, 0.15) is 0 Å². The van der Waals surface area contributed by atoms with Crippen molar-refractivity contribution in [2.24, 2.45) is 5.92 Å². The van der Waals surface area contributed by atoms with Crippen LogP contribution in [0.25, 0.3) is 0 Å². The zero-order chi connectivity index (χ0) is 12.5. The van der Waals surface area contributed by atoms with Crippen molar-refractivity contribution in [2.75, 3.05) is 0 Å². The van der Waals surface area contributed by atoms with E-state index in [-0.39, 0.29) is 5.91 Å². The van der Waals surface area contributed by atoms with Gasteiger partial charge in [-0.3, -0.25) is 4.79 Å². The lowest BCUT2D eigenvalue weighted by molar-refractivity contribution is -0.122. The summed E-state index contributed by atoms with van der Waals surface area (Å²) >= 11 is 0. The second-order valence-corrected chi connectivity index (χ2v) is 5.65. The number of carbonyl (C=O) groups is 1. The first-order chi connectivity index (χ1) is 8.22. The molecule has 1 aliphatic rings. The number of amides is 1. The lowest BCUT2D eigenvalue weighted by atomic mass is 10.0. The van der Waals surface area contributed by atoms with E-state index in [1.54, 1.807) is 0 Å². The van der Waals surface area contributed by atoms with Gasteiger partial charge >= 0.3 is 0 Å². The molecule has 1 N–H and O–H groups in total. The standard InChI is InChI=1S/C15H29NO/c1-3-4-5-8-13(2)16-15(17)12-11-14-9-6-7-10-14/h13-14H,3-12H2,1-2H3,(H,16,17)/t13-/m0/s1. The minimum atomic E-state index is 0.265. The Morgan fingerprint density at radius 2 is 2.00 bits per heavy atom. The van der Waals surface area contributed by atoms with Crippen LogP contribution in [0.4, 0.5) is 0 Å². The SMILES string of the molecule is CCCCC[C@H](C)NC(=O)CCC1CCCC1. The molecule has 1 saturated carbocycles. The average Bonchev–Trinajstić information content (AvgIpc) is 2.79. The fourth-order valence-corrected chi connectivity index (χ4v) is 2.75. The van der Waals surface area contributed by atoms with E-state index in [1.165, 1.54) is 44.9 Å². The van der Waals surface area contributed by atoms with Crippen LogP contribution in [0.15, 0.2) is 0 Å². The van der Waals surface area contributed by atoms with E-state index in [0.29, 0.717) is 6.04 Å². The Kier molecular flexibility index (Phi) is 7.30. The van der Waals surface area contributed by atoms with Gasteiger partial charge < -0.3 is 5.32 Å². The molecule has 17 heavy (non-hydrogen) atoms. The average molecular weight is 239 g/mol. The zero-order valence-electron chi connectivity index (χ0n) is 11.6. The van der Waals surface area contributed by atoms with Gasteiger partial charge in [0, 0.05) is 12.5 Å². The third kappa shape index (κ3) is 6.70. The van der Waals surface area contributed by atoms with Crippen LogP contribution in [0.5, 0.6) is 0 Å². The van der Waals surface area contributed by atoms with Crippen molar-refractivity contribution in [1.82, 2.24) is 5.32 Å². The molecule has 1 aliphatic carbocycles. The molecule has 0 heterocycles. The molecule has 1 fully saturated rings. The van der Waals surface area contributed by atoms with E-state index < -0.39 is 0 Å². The van der Waals surface area contributed by atoms with Crippen molar-refractivity contribution < 1.29 is 4.79 Å². The Balaban J connectivity index is 2.02. The van der Waals surface area contributed by atoms with Crippen LogP contribution in [0.2, 0.25) is 0 Å². The summed E-state index contributed by atoms with van der Waals surface area (Å²) in [4.78, 5) is 11.7. The van der Waals surface area contributed by atoms with Crippen molar-refractivity contribution in [3.8, 4) is 0 Å². The normalized spacial score (nSPS) is 18.2. The quantitative estimate of drug-likeness (QED) is 0.636. The highest BCUT2D eigenvalue weighted by atomic mass is 16.1. The van der Waals surface area contributed by atoms with Crippen LogP contribution in [-0.4, -0.2) is 11.9 Å². The second kappa shape index (κ2) is 8.54. The number of rotatable bonds is 8. The topological polar surface area (TPSA) is 29.1 Å². The van der Waals surface area contributed by atoms with Crippen LogP contribution in [0.3, 0.4) is 0 Å². The van der Waals surface area contributed by atoms with Gasteiger partial charge in [-0.05, 0) is 25.7 Å². The molecule has 0 aromatic rings. The number of unbranched alkanes of at least 4 members (excludes halogenated alkanes) is 2. The molecule has 0 spiro atoms. The van der Waals surface area contributed by atoms with E-state index in [1.807, 2.05) is 0 Å².